The van der Waals surface area contributed by atoms with Crippen LogP contribution in [0.2, 0.25) is 0 Å². The van der Waals surface area contributed by atoms with Gasteiger partial charge in [0.1, 0.15) is 5.75 Å². The van der Waals surface area contributed by atoms with E-state index in [2.05, 4.69) is 5.32 Å². The maximum absolute atomic E-state index is 12.0. The Hall–Kier alpha value is -1.55. The van der Waals surface area contributed by atoms with E-state index in [1.54, 1.807) is 14.0 Å². The monoisotopic (exact) mass is 264 g/mol. The Bertz CT molecular complexity index is 430. The quantitative estimate of drug-likeness (QED) is 0.824. The molecule has 0 heterocycles. The Balaban J connectivity index is 2.65. The number of hydrogen-bond donors (Lipinski definition) is 2. The minimum Gasteiger partial charge on any atom is -0.496 e. The predicted molar refractivity (Wildman–Crippen MR) is 77.2 cm³/mol. The average molecular weight is 264 g/mol. The lowest BCUT2D eigenvalue weighted by molar-refractivity contribution is -0.126. The largest absolute Gasteiger partial charge is 0.496 e. The lowest BCUT2D eigenvalue weighted by Gasteiger charge is -2.24. The van der Waals surface area contributed by atoms with E-state index in [0.29, 0.717) is 6.42 Å². The topological polar surface area (TPSA) is 64.4 Å². The minimum absolute atomic E-state index is 0.0122. The van der Waals surface area contributed by atoms with Gasteiger partial charge in [-0.25, -0.2) is 0 Å². The number of carbonyl (C=O) groups is 1. The van der Waals surface area contributed by atoms with Crippen molar-refractivity contribution in [1.29, 1.82) is 0 Å². The summed E-state index contributed by atoms with van der Waals surface area (Å²) < 4.78 is 5.30. The van der Waals surface area contributed by atoms with Gasteiger partial charge in [-0.05, 0) is 38.3 Å². The molecular formula is C15H24N2O2. The maximum atomic E-state index is 12.0. The van der Waals surface area contributed by atoms with Crippen molar-refractivity contribution in [2.45, 2.75) is 45.2 Å². The summed E-state index contributed by atoms with van der Waals surface area (Å²) >= 11 is 0. The summed E-state index contributed by atoms with van der Waals surface area (Å²) in [5.41, 5.74) is 6.19. The van der Waals surface area contributed by atoms with Crippen LogP contribution in [0, 0.1) is 0 Å². The van der Waals surface area contributed by atoms with Crippen LogP contribution in [0.3, 0.4) is 0 Å². The van der Waals surface area contributed by atoms with Gasteiger partial charge in [0.15, 0.2) is 0 Å². The number of methoxy groups -OCH3 is 1. The summed E-state index contributed by atoms with van der Waals surface area (Å²) in [4.78, 5) is 12.0. The van der Waals surface area contributed by atoms with E-state index < -0.39 is 5.54 Å². The van der Waals surface area contributed by atoms with Gasteiger partial charge < -0.3 is 15.8 Å². The lowest BCUT2D eigenvalue weighted by atomic mass is 9.98. The van der Waals surface area contributed by atoms with E-state index in [1.165, 1.54) is 0 Å². The summed E-state index contributed by atoms with van der Waals surface area (Å²) in [7, 11) is 1.65. The molecule has 2 unspecified atom stereocenters. The molecule has 1 aromatic rings. The fourth-order valence-corrected chi connectivity index (χ4v) is 1.80. The lowest BCUT2D eigenvalue weighted by Crippen LogP contribution is -2.53. The molecule has 4 heteroatoms. The van der Waals surface area contributed by atoms with E-state index in [9.17, 15) is 4.79 Å². The van der Waals surface area contributed by atoms with Crippen LogP contribution in [-0.4, -0.2) is 24.6 Å². The number of ether oxygens (including phenoxy) is 1. The van der Waals surface area contributed by atoms with Gasteiger partial charge in [0.05, 0.1) is 12.6 Å². The van der Waals surface area contributed by atoms with E-state index in [1.807, 2.05) is 38.1 Å². The number of para-hydroxylation sites is 1. The molecule has 1 rings (SSSR count). The molecule has 1 amide bonds. The van der Waals surface area contributed by atoms with Gasteiger partial charge in [-0.3, -0.25) is 4.79 Å². The molecule has 0 aliphatic heterocycles. The van der Waals surface area contributed by atoms with E-state index in [4.69, 9.17) is 10.5 Å². The second kappa shape index (κ2) is 6.57. The molecule has 0 saturated heterocycles. The second-order valence-electron chi connectivity index (χ2n) is 5.16. The van der Waals surface area contributed by atoms with Crippen molar-refractivity contribution in [2.75, 3.05) is 7.11 Å². The van der Waals surface area contributed by atoms with Gasteiger partial charge in [-0.1, -0.05) is 25.1 Å². The fourth-order valence-electron chi connectivity index (χ4n) is 1.80. The SMILES string of the molecule is CCC(C)(N)C(=O)NC(C)Cc1ccccc1OC. The number of carbonyl (C=O) groups excluding carboxylic acids is 1. The van der Waals surface area contributed by atoms with E-state index in [0.717, 1.165) is 17.7 Å². The molecule has 0 aliphatic rings. The van der Waals surface area contributed by atoms with Gasteiger partial charge in [-0.15, -0.1) is 0 Å². The van der Waals surface area contributed by atoms with Crippen LogP contribution in [-0.2, 0) is 11.2 Å². The number of amides is 1. The highest BCUT2D eigenvalue weighted by Crippen LogP contribution is 2.19. The zero-order chi connectivity index (χ0) is 14.5. The van der Waals surface area contributed by atoms with E-state index in [-0.39, 0.29) is 11.9 Å². The first-order valence-electron chi connectivity index (χ1n) is 6.62. The predicted octanol–water partition coefficient (Wildman–Crippen LogP) is 1.87. The van der Waals surface area contributed by atoms with Crippen LogP contribution in [0.15, 0.2) is 24.3 Å². The van der Waals surface area contributed by atoms with Crippen LogP contribution in [0.4, 0.5) is 0 Å². The number of hydrogen-bond acceptors (Lipinski definition) is 3. The smallest absolute Gasteiger partial charge is 0.240 e. The van der Waals surface area contributed by atoms with Gasteiger partial charge >= 0.3 is 0 Å². The summed E-state index contributed by atoms with van der Waals surface area (Å²) in [6.07, 6.45) is 1.33. The Morgan fingerprint density at radius 3 is 2.68 bits per heavy atom. The zero-order valence-corrected chi connectivity index (χ0v) is 12.2. The highest BCUT2D eigenvalue weighted by atomic mass is 16.5. The van der Waals surface area contributed by atoms with E-state index >= 15 is 0 Å². The van der Waals surface area contributed by atoms with Crippen LogP contribution >= 0.6 is 0 Å². The zero-order valence-electron chi connectivity index (χ0n) is 12.2. The molecule has 0 radical (unpaired) electrons. The minimum atomic E-state index is -0.810. The molecule has 0 saturated carbocycles. The molecule has 0 aliphatic carbocycles. The summed E-state index contributed by atoms with van der Waals surface area (Å²) in [5.74, 6) is 0.729. The van der Waals surface area contributed by atoms with Crippen molar-refractivity contribution in [2.24, 2.45) is 5.73 Å². The standard InChI is InChI=1S/C15H24N2O2/c1-5-15(3,16)14(18)17-11(2)10-12-8-6-7-9-13(12)19-4/h6-9,11H,5,10,16H2,1-4H3,(H,17,18). The molecule has 4 nitrogen and oxygen atoms in total. The van der Waals surface area contributed by atoms with Crippen molar-refractivity contribution in [3.05, 3.63) is 29.8 Å². The average Bonchev–Trinajstić information content (AvgIpc) is 2.39. The molecule has 1 aromatic carbocycles. The highest BCUT2D eigenvalue weighted by molar-refractivity contribution is 5.85. The maximum Gasteiger partial charge on any atom is 0.240 e. The molecule has 3 N–H and O–H groups in total. The van der Waals surface area contributed by atoms with Gasteiger partial charge in [0.2, 0.25) is 5.91 Å². The summed E-state index contributed by atoms with van der Waals surface area (Å²) in [6.45, 7) is 5.62. The molecule has 0 bridgehead atoms. The van der Waals surface area contributed by atoms with Crippen LogP contribution in [0.1, 0.15) is 32.8 Å². The third kappa shape index (κ3) is 4.24. The van der Waals surface area contributed by atoms with Crippen molar-refractivity contribution in [3.8, 4) is 5.75 Å². The first-order valence-corrected chi connectivity index (χ1v) is 6.62. The third-order valence-electron chi connectivity index (χ3n) is 3.35. The first-order chi connectivity index (χ1) is 8.90. The van der Waals surface area contributed by atoms with Crippen LogP contribution < -0.4 is 15.8 Å². The van der Waals surface area contributed by atoms with Crippen molar-refractivity contribution >= 4 is 5.91 Å². The Morgan fingerprint density at radius 2 is 2.11 bits per heavy atom. The van der Waals surface area contributed by atoms with Crippen LogP contribution in [0.25, 0.3) is 0 Å². The Morgan fingerprint density at radius 1 is 1.47 bits per heavy atom. The number of nitrogens with two attached hydrogens (primary N) is 1. The molecule has 0 fully saturated rings. The molecule has 106 valence electrons. The van der Waals surface area contributed by atoms with Gasteiger partial charge in [0, 0.05) is 6.04 Å². The normalized spacial score (nSPS) is 15.4. The summed E-state index contributed by atoms with van der Waals surface area (Å²) in [6, 6.07) is 7.83. The van der Waals surface area contributed by atoms with Crippen LogP contribution in [0.5, 0.6) is 5.75 Å². The number of nitrogens with one attached hydrogen (secondary N) is 1. The van der Waals surface area contributed by atoms with Crippen molar-refractivity contribution in [3.63, 3.8) is 0 Å². The number of rotatable bonds is 6. The Kier molecular flexibility index (Phi) is 5.36. The molecule has 19 heavy (non-hydrogen) atoms. The molecular weight excluding hydrogens is 240 g/mol. The second-order valence-corrected chi connectivity index (χ2v) is 5.16. The molecule has 2 atom stereocenters. The summed E-state index contributed by atoms with van der Waals surface area (Å²) in [5, 5.41) is 2.95. The van der Waals surface area contributed by atoms with Crippen molar-refractivity contribution < 1.29 is 9.53 Å². The Labute approximate surface area is 115 Å². The van der Waals surface area contributed by atoms with Gasteiger partial charge in [-0.2, -0.15) is 0 Å². The van der Waals surface area contributed by atoms with Crippen molar-refractivity contribution in [1.82, 2.24) is 5.32 Å². The third-order valence-corrected chi connectivity index (χ3v) is 3.35. The molecule has 0 spiro atoms. The highest BCUT2D eigenvalue weighted by Gasteiger charge is 2.27. The molecule has 0 aromatic heterocycles. The fraction of sp³-hybridized carbons (Fsp3) is 0.533. The number of benzene rings is 1. The first kappa shape index (κ1) is 15.5. The van der Waals surface area contributed by atoms with Gasteiger partial charge in [0.25, 0.3) is 0 Å².